The van der Waals surface area contributed by atoms with E-state index in [0.717, 1.165) is 25.2 Å². The van der Waals surface area contributed by atoms with Gasteiger partial charge < -0.3 is 4.55 Å². The monoisotopic (exact) mass is 210 g/mol. The summed E-state index contributed by atoms with van der Waals surface area (Å²) in [6, 6.07) is 0. The fourth-order valence-corrected chi connectivity index (χ4v) is 3.74. The van der Waals surface area contributed by atoms with E-state index in [1.165, 1.54) is 19.3 Å². The molecule has 3 aliphatic carbocycles. The van der Waals surface area contributed by atoms with Gasteiger partial charge in [-0.15, -0.1) is 0 Å². The van der Waals surface area contributed by atoms with E-state index in [4.69, 9.17) is 0 Å². The van der Waals surface area contributed by atoms with Crippen molar-refractivity contribution < 1.29 is 38.3 Å². The zero-order chi connectivity index (χ0) is 8.60. The molecule has 2 bridgehead atoms. The van der Waals surface area contributed by atoms with Crippen molar-refractivity contribution in [1.82, 2.24) is 0 Å². The first-order valence-corrected chi connectivity index (χ1v) is 6.00. The Morgan fingerprint density at radius 2 is 1.69 bits per heavy atom. The molecule has 3 aliphatic rings. The number of fused-ring (bicyclic) bond motifs is 3. The van der Waals surface area contributed by atoms with Gasteiger partial charge in [-0.3, -0.25) is 4.21 Å². The van der Waals surface area contributed by atoms with Gasteiger partial charge in [-0.2, -0.15) is 0 Å². The molecular weight excluding hydrogens is 195 g/mol. The number of hydrogen-bond acceptors (Lipinski definition) is 2. The van der Waals surface area contributed by atoms with Crippen molar-refractivity contribution >= 4 is 11.1 Å². The van der Waals surface area contributed by atoms with Gasteiger partial charge in [0.15, 0.2) is 0 Å². The topological polar surface area (TPSA) is 40.1 Å². The molecule has 0 spiro atoms. The summed E-state index contributed by atoms with van der Waals surface area (Å²) < 4.78 is 21.3. The van der Waals surface area contributed by atoms with E-state index in [1.54, 1.807) is 0 Å². The Kier molecular flexibility index (Phi) is 4.45. The van der Waals surface area contributed by atoms with Crippen LogP contribution >= 0.6 is 0 Å². The zero-order valence-electron chi connectivity index (χ0n) is 8.25. The average molecular weight is 210 g/mol. The summed E-state index contributed by atoms with van der Waals surface area (Å²) in [5.74, 6) is 1.34. The molecule has 0 aliphatic heterocycles. The molecule has 4 heteroatoms. The normalized spacial score (nSPS) is 39.6. The van der Waals surface area contributed by atoms with E-state index in [2.05, 4.69) is 0 Å². The summed E-state index contributed by atoms with van der Waals surface area (Å²) in [6.45, 7) is 0. The summed E-state index contributed by atoms with van der Waals surface area (Å²) in [5, 5.41) is 0. The van der Waals surface area contributed by atoms with Crippen LogP contribution in [0.3, 0.4) is 0 Å². The fraction of sp³-hybridized carbons (Fsp3) is 1.00. The van der Waals surface area contributed by atoms with Gasteiger partial charge in [-0.05, 0) is 49.9 Å². The van der Waals surface area contributed by atoms with Gasteiger partial charge in [0.05, 0.1) is 0 Å². The molecule has 0 aromatic rings. The van der Waals surface area contributed by atoms with Crippen LogP contribution in [0.25, 0.3) is 0 Å². The number of hydrogen-bond donors (Lipinski definition) is 0. The molecule has 0 N–H and O–H groups in total. The fourth-order valence-electron chi connectivity index (χ4n) is 2.81. The van der Waals surface area contributed by atoms with Gasteiger partial charge in [0.1, 0.15) is 0 Å². The van der Waals surface area contributed by atoms with Crippen molar-refractivity contribution in [2.75, 3.05) is 5.75 Å². The van der Waals surface area contributed by atoms with Crippen LogP contribution in [0.15, 0.2) is 0 Å². The van der Waals surface area contributed by atoms with E-state index >= 15 is 0 Å². The summed E-state index contributed by atoms with van der Waals surface area (Å²) in [5.41, 5.74) is 0.196. The van der Waals surface area contributed by atoms with Crippen molar-refractivity contribution in [2.24, 2.45) is 11.3 Å². The van der Waals surface area contributed by atoms with Crippen LogP contribution in [0.1, 0.15) is 38.5 Å². The Labute approximate surface area is 104 Å². The van der Waals surface area contributed by atoms with Crippen LogP contribution in [-0.2, 0) is 11.1 Å². The largest absolute Gasteiger partial charge is 1.00 e. The molecule has 0 saturated heterocycles. The SMILES string of the molecule is O=S([O-])CC12CCC(CC1)CC2.[Na+]. The molecule has 1 unspecified atom stereocenters. The van der Waals surface area contributed by atoms with E-state index in [1.807, 2.05) is 0 Å². The molecule has 3 rings (SSSR count). The molecular formula is C9H15NaO2S. The molecule has 70 valence electrons. The van der Waals surface area contributed by atoms with Crippen molar-refractivity contribution in [3.8, 4) is 0 Å². The predicted octanol–water partition coefficient (Wildman–Crippen LogP) is -1.16. The first-order chi connectivity index (χ1) is 5.70. The minimum absolute atomic E-state index is 0. The molecule has 2 nitrogen and oxygen atoms in total. The molecule has 13 heavy (non-hydrogen) atoms. The molecule has 0 radical (unpaired) electrons. The van der Waals surface area contributed by atoms with Crippen molar-refractivity contribution in [2.45, 2.75) is 38.5 Å². The smallest absolute Gasteiger partial charge is 0.772 e. The second-order valence-corrected chi connectivity index (χ2v) is 5.33. The molecule has 0 amide bonds. The predicted molar refractivity (Wildman–Crippen MR) is 47.4 cm³/mol. The zero-order valence-corrected chi connectivity index (χ0v) is 11.1. The van der Waals surface area contributed by atoms with E-state index < -0.39 is 11.1 Å². The minimum Gasteiger partial charge on any atom is -0.772 e. The minimum atomic E-state index is -1.83. The maximum absolute atomic E-state index is 10.6. The Balaban J connectivity index is 0.000000845. The summed E-state index contributed by atoms with van der Waals surface area (Å²) >= 11 is -1.83. The quantitative estimate of drug-likeness (QED) is 0.426. The average Bonchev–Trinajstić information content (AvgIpc) is 2.05. The van der Waals surface area contributed by atoms with E-state index in [0.29, 0.717) is 5.75 Å². The Morgan fingerprint density at radius 3 is 2.08 bits per heavy atom. The number of rotatable bonds is 2. The van der Waals surface area contributed by atoms with E-state index in [-0.39, 0.29) is 35.0 Å². The third-order valence-corrected chi connectivity index (χ3v) is 4.52. The van der Waals surface area contributed by atoms with Crippen molar-refractivity contribution in [1.29, 1.82) is 0 Å². The molecule has 1 atom stereocenters. The van der Waals surface area contributed by atoms with Gasteiger partial charge in [-0.1, -0.05) is 11.1 Å². The summed E-state index contributed by atoms with van der Waals surface area (Å²) in [7, 11) is 0. The van der Waals surface area contributed by atoms with Gasteiger partial charge >= 0.3 is 29.6 Å². The van der Waals surface area contributed by atoms with Gasteiger partial charge in [0, 0.05) is 5.75 Å². The first-order valence-electron chi connectivity index (χ1n) is 4.76. The first kappa shape index (κ1) is 12.2. The third kappa shape index (κ3) is 2.78. The maximum Gasteiger partial charge on any atom is 1.00 e. The molecule has 0 aromatic heterocycles. The molecule has 3 saturated carbocycles. The van der Waals surface area contributed by atoms with Crippen molar-refractivity contribution in [3.05, 3.63) is 0 Å². The summed E-state index contributed by atoms with van der Waals surface area (Å²) in [4.78, 5) is 0. The van der Waals surface area contributed by atoms with E-state index in [9.17, 15) is 8.76 Å². The second-order valence-electron chi connectivity index (χ2n) is 4.43. The van der Waals surface area contributed by atoms with Gasteiger partial charge in [0.25, 0.3) is 0 Å². The second kappa shape index (κ2) is 4.75. The van der Waals surface area contributed by atoms with Crippen LogP contribution in [-0.4, -0.2) is 14.5 Å². The molecule has 0 aromatic carbocycles. The van der Waals surface area contributed by atoms with Crippen LogP contribution < -0.4 is 29.6 Å². The Hall–Kier alpha value is 1.11. The Bertz CT molecular complexity index is 186. The van der Waals surface area contributed by atoms with Crippen LogP contribution in [0.2, 0.25) is 0 Å². The summed E-state index contributed by atoms with van der Waals surface area (Å²) in [6.07, 6.45) is 7.30. The van der Waals surface area contributed by atoms with Crippen LogP contribution in [0, 0.1) is 11.3 Å². The van der Waals surface area contributed by atoms with Crippen LogP contribution in [0.4, 0.5) is 0 Å². The van der Waals surface area contributed by atoms with Crippen LogP contribution in [0.5, 0.6) is 0 Å². The third-order valence-electron chi connectivity index (χ3n) is 3.67. The maximum atomic E-state index is 10.6. The van der Waals surface area contributed by atoms with Crippen molar-refractivity contribution in [3.63, 3.8) is 0 Å². The standard InChI is InChI=1S/C9H16O2S.Na/c10-12(11)7-9-4-1-8(2-5-9)3-6-9;/h8H,1-7H2,(H,10,11);/q;+1/p-1. The van der Waals surface area contributed by atoms with Gasteiger partial charge in [0.2, 0.25) is 0 Å². The van der Waals surface area contributed by atoms with Gasteiger partial charge in [-0.25, -0.2) is 0 Å². The Morgan fingerprint density at radius 1 is 1.23 bits per heavy atom. The molecule has 0 heterocycles. The molecule has 3 fully saturated rings.